The van der Waals surface area contributed by atoms with E-state index in [0.717, 1.165) is 0 Å². The molecule has 0 radical (unpaired) electrons. The summed E-state index contributed by atoms with van der Waals surface area (Å²) in [5, 5.41) is -0.967. The van der Waals surface area contributed by atoms with Gasteiger partial charge in [-0.15, -0.1) is 92.8 Å². The molecule has 0 N–H and O–H groups in total. The molecule has 2 saturated carbocycles. The Kier molecular flexibility index (Phi) is 5.50. The lowest BCUT2D eigenvalue weighted by atomic mass is 9.69. The van der Waals surface area contributed by atoms with E-state index in [2.05, 4.69) is 0 Å². The summed E-state index contributed by atoms with van der Waals surface area (Å²) < 4.78 is -2.80. The average Bonchev–Trinajstić information content (AvgIpc) is 2.61. The normalized spacial score (nSPS) is 45.6. The largest absolute Gasteiger partial charge is 0.138 e. The van der Waals surface area contributed by atoms with Gasteiger partial charge >= 0.3 is 0 Å². The fourth-order valence-corrected chi connectivity index (χ4v) is 9.37. The summed E-state index contributed by atoms with van der Waals surface area (Å²) in [5.41, 5.74) is -2.46. The summed E-state index contributed by atoms with van der Waals surface area (Å²) in [7, 11) is 0. The molecular weight excluding hydrogens is 475 g/mol. The van der Waals surface area contributed by atoms with Crippen molar-refractivity contribution in [3.05, 3.63) is 0 Å². The minimum absolute atomic E-state index is 0.0309. The monoisotopic (exact) mass is 478 g/mol. The molecular formula is C10H8Cl10. The topological polar surface area (TPSA) is 0 Å². The number of hydrogen-bond donors (Lipinski definition) is 0. The molecule has 2 bridgehead atoms. The molecule has 0 unspecified atom stereocenters. The van der Waals surface area contributed by atoms with Gasteiger partial charge in [0, 0.05) is 17.2 Å². The zero-order valence-corrected chi connectivity index (χ0v) is 17.1. The van der Waals surface area contributed by atoms with Crippen molar-refractivity contribution in [3.63, 3.8) is 0 Å². The number of rotatable bonds is 3. The van der Waals surface area contributed by atoms with E-state index >= 15 is 0 Å². The van der Waals surface area contributed by atoms with Crippen LogP contribution >= 0.6 is 116 Å². The average molecular weight is 483 g/mol. The van der Waals surface area contributed by atoms with Crippen LogP contribution in [-0.4, -0.2) is 29.6 Å². The highest BCUT2D eigenvalue weighted by molar-refractivity contribution is 6.58. The molecule has 0 aromatic heterocycles. The molecule has 0 nitrogen and oxygen atoms in total. The minimum atomic E-state index is -1.40. The molecule has 2 rings (SSSR count). The van der Waals surface area contributed by atoms with Crippen molar-refractivity contribution in [2.45, 2.75) is 30.1 Å². The molecule has 2 aliphatic rings. The fraction of sp³-hybridized carbons (Fsp3) is 1.00. The number of alkyl halides is 10. The van der Waals surface area contributed by atoms with Crippen molar-refractivity contribution >= 4 is 116 Å². The standard InChI is InChI=1S/C10H8Cl10/c11-2-7(5(13)14)3-1-8(17,18)9(7,6(15)16)4(12)10(3,19)20/h3-6H,1-2H2/t3-,4-,7-,9-/m0/s1. The number of halogens is 10. The Morgan fingerprint density at radius 1 is 0.950 bits per heavy atom. The number of hydrogen-bond acceptors (Lipinski definition) is 0. The lowest BCUT2D eigenvalue weighted by Crippen LogP contribution is -2.59. The van der Waals surface area contributed by atoms with E-state index < -0.39 is 40.5 Å². The van der Waals surface area contributed by atoms with Crippen molar-refractivity contribution in [3.8, 4) is 0 Å². The Bertz CT molecular complexity index is 407. The van der Waals surface area contributed by atoms with Crippen LogP contribution in [-0.2, 0) is 0 Å². The third-order valence-electron chi connectivity index (χ3n) is 4.61. The van der Waals surface area contributed by atoms with Crippen LogP contribution in [0.2, 0.25) is 0 Å². The molecule has 0 aromatic rings. The second-order valence-corrected chi connectivity index (χ2v) is 11.0. The number of fused-ring (bicyclic) bond motifs is 2. The minimum Gasteiger partial charge on any atom is -0.126 e. The molecule has 0 saturated heterocycles. The van der Waals surface area contributed by atoms with Gasteiger partial charge in [0.1, 0.15) is 18.3 Å². The highest BCUT2D eigenvalue weighted by Gasteiger charge is 2.87. The van der Waals surface area contributed by atoms with Gasteiger partial charge in [-0.3, -0.25) is 0 Å². The van der Waals surface area contributed by atoms with Crippen LogP contribution < -0.4 is 0 Å². The summed E-state index contributed by atoms with van der Waals surface area (Å²) in [6, 6.07) is 0. The summed E-state index contributed by atoms with van der Waals surface area (Å²) in [4.78, 5) is -2.10. The zero-order chi connectivity index (χ0) is 15.7. The van der Waals surface area contributed by atoms with Crippen LogP contribution in [0, 0.1) is 16.7 Å². The van der Waals surface area contributed by atoms with E-state index in [4.69, 9.17) is 116 Å². The third-order valence-corrected chi connectivity index (χ3v) is 9.33. The van der Waals surface area contributed by atoms with Gasteiger partial charge in [0.05, 0.1) is 10.8 Å². The first-order valence-electron chi connectivity index (χ1n) is 5.46. The molecule has 4 atom stereocenters. The predicted octanol–water partition coefficient (Wildman–Crippen LogP) is 6.79. The first kappa shape index (κ1) is 19.2. The summed E-state index contributed by atoms with van der Waals surface area (Å²) >= 11 is 63.2. The Balaban J connectivity index is 2.81. The summed E-state index contributed by atoms with van der Waals surface area (Å²) in [6.45, 7) is 0. The van der Waals surface area contributed by atoms with Gasteiger partial charge < -0.3 is 0 Å². The smallest absolute Gasteiger partial charge is 0.126 e. The van der Waals surface area contributed by atoms with Crippen LogP contribution in [0.15, 0.2) is 0 Å². The van der Waals surface area contributed by atoms with Crippen LogP contribution in [0.25, 0.3) is 0 Å². The molecule has 0 aromatic carbocycles. The van der Waals surface area contributed by atoms with E-state index in [9.17, 15) is 0 Å². The van der Waals surface area contributed by atoms with Crippen molar-refractivity contribution < 1.29 is 0 Å². The van der Waals surface area contributed by atoms with Gasteiger partial charge in [-0.2, -0.15) is 0 Å². The quantitative estimate of drug-likeness (QED) is 0.388. The van der Waals surface area contributed by atoms with E-state index in [1.807, 2.05) is 0 Å². The predicted molar refractivity (Wildman–Crippen MR) is 93.2 cm³/mol. The summed E-state index contributed by atoms with van der Waals surface area (Å²) in [5.74, 6) is -0.579. The molecule has 2 aliphatic carbocycles. The van der Waals surface area contributed by atoms with Crippen molar-refractivity contribution in [1.82, 2.24) is 0 Å². The maximum absolute atomic E-state index is 6.47. The van der Waals surface area contributed by atoms with E-state index in [0.29, 0.717) is 0 Å². The molecule has 0 heterocycles. The van der Waals surface area contributed by atoms with E-state index in [-0.39, 0.29) is 12.3 Å². The molecule has 0 amide bonds. The van der Waals surface area contributed by atoms with Crippen molar-refractivity contribution in [2.75, 3.05) is 5.88 Å². The van der Waals surface area contributed by atoms with Crippen molar-refractivity contribution in [2.24, 2.45) is 16.7 Å². The molecule has 0 aliphatic heterocycles. The highest BCUT2D eigenvalue weighted by atomic mass is 35.5. The SMILES string of the molecule is ClC[C@@]1(C(Cl)Cl)[C@@H]2CC(Cl)(Cl)[C@]1(C(Cl)Cl)[C@H](Cl)C2(Cl)Cl. The molecule has 20 heavy (non-hydrogen) atoms. The van der Waals surface area contributed by atoms with Crippen LogP contribution in [0.5, 0.6) is 0 Å². The van der Waals surface area contributed by atoms with Gasteiger partial charge in [0.15, 0.2) is 0 Å². The Hall–Kier alpha value is 2.90. The van der Waals surface area contributed by atoms with Crippen LogP contribution in [0.4, 0.5) is 0 Å². The lowest BCUT2D eigenvalue weighted by Gasteiger charge is -2.50. The van der Waals surface area contributed by atoms with Crippen LogP contribution in [0.3, 0.4) is 0 Å². The first-order valence-corrected chi connectivity index (χ1v) is 9.69. The maximum Gasteiger partial charge on any atom is 0.138 e. The second kappa shape index (κ2) is 5.72. The van der Waals surface area contributed by atoms with Gasteiger partial charge in [-0.05, 0) is 6.42 Å². The molecule has 10 heteroatoms. The first-order chi connectivity index (χ1) is 8.94. The van der Waals surface area contributed by atoms with E-state index in [1.54, 1.807) is 0 Å². The highest BCUT2D eigenvalue weighted by Crippen LogP contribution is 2.83. The fourth-order valence-electron chi connectivity index (χ4n) is 3.69. The molecule has 118 valence electrons. The van der Waals surface area contributed by atoms with Crippen LogP contribution in [0.1, 0.15) is 6.42 Å². The lowest BCUT2D eigenvalue weighted by molar-refractivity contribution is 0.137. The molecule has 2 fully saturated rings. The summed E-state index contributed by atoms with van der Waals surface area (Å²) in [6.07, 6.45) is 0.185. The van der Waals surface area contributed by atoms with Gasteiger partial charge in [-0.1, -0.05) is 23.2 Å². The maximum atomic E-state index is 6.47. The second-order valence-electron chi connectivity index (χ2n) is 5.14. The third kappa shape index (κ3) is 1.97. The Morgan fingerprint density at radius 3 is 1.75 bits per heavy atom. The van der Waals surface area contributed by atoms with Gasteiger partial charge in [0.2, 0.25) is 0 Å². The zero-order valence-electron chi connectivity index (χ0n) is 9.50. The van der Waals surface area contributed by atoms with Gasteiger partial charge in [-0.25, -0.2) is 0 Å². The van der Waals surface area contributed by atoms with E-state index in [1.165, 1.54) is 0 Å². The van der Waals surface area contributed by atoms with Crippen molar-refractivity contribution in [1.29, 1.82) is 0 Å². The molecule has 0 spiro atoms. The Morgan fingerprint density at radius 2 is 1.45 bits per heavy atom. The van der Waals surface area contributed by atoms with Gasteiger partial charge in [0.25, 0.3) is 0 Å². The Labute approximate surface area is 167 Å².